The summed E-state index contributed by atoms with van der Waals surface area (Å²) in [7, 11) is 1.64. The summed E-state index contributed by atoms with van der Waals surface area (Å²) < 4.78 is 5.24. The molecule has 1 saturated carbocycles. The number of hydrogen-bond donors (Lipinski definition) is 3. The monoisotopic (exact) mass is 445 g/mol. The number of methoxy groups -OCH3 is 1. The van der Waals surface area contributed by atoms with E-state index in [9.17, 15) is 9.59 Å². The number of carbonyl (C=O) groups is 1. The second kappa shape index (κ2) is 8.80. The normalized spacial score (nSPS) is 18.2. The third kappa shape index (κ3) is 4.15. The van der Waals surface area contributed by atoms with Gasteiger partial charge in [-0.2, -0.15) is 0 Å². The maximum atomic E-state index is 13.4. The Morgan fingerprint density at radius 1 is 1.15 bits per heavy atom. The maximum Gasteiger partial charge on any atom is 0.276 e. The highest BCUT2D eigenvalue weighted by molar-refractivity contribution is 5.99. The largest absolute Gasteiger partial charge is 0.383 e. The zero-order valence-corrected chi connectivity index (χ0v) is 18.5. The van der Waals surface area contributed by atoms with E-state index in [1.165, 1.54) is 0 Å². The zero-order valence-electron chi connectivity index (χ0n) is 18.5. The number of carbonyl (C=O) groups excluding carboxylic acids is 1. The molecule has 4 N–H and O–H groups in total. The van der Waals surface area contributed by atoms with Crippen LogP contribution in [0.3, 0.4) is 0 Å². The Hall–Kier alpha value is -3.49. The minimum Gasteiger partial charge on any atom is -0.383 e. The number of benzene rings is 2. The topological polar surface area (TPSA) is 117 Å². The van der Waals surface area contributed by atoms with Crippen LogP contribution < -0.4 is 11.3 Å². The molecule has 2 atom stereocenters. The second-order valence-electron chi connectivity index (χ2n) is 8.64. The lowest BCUT2D eigenvalue weighted by Crippen LogP contribution is -2.41. The van der Waals surface area contributed by atoms with Gasteiger partial charge in [-0.3, -0.25) is 9.59 Å². The summed E-state index contributed by atoms with van der Waals surface area (Å²) >= 11 is 0. The van der Waals surface area contributed by atoms with Crippen molar-refractivity contribution >= 4 is 27.8 Å². The molecule has 4 aromatic rings. The van der Waals surface area contributed by atoms with Crippen LogP contribution in [0.15, 0.2) is 53.3 Å². The quantitative estimate of drug-likeness (QED) is 0.422. The van der Waals surface area contributed by atoms with Crippen LogP contribution in [0.1, 0.15) is 29.6 Å². The highest BCUT2D eigenvalue weighted by Crippen LogP contribution is 2.27. The summed E-state index contributed by atoms with van der Waals surface area (Å²) in [5.74, 6) is -0.0301. The van der Waals surface area contributed by atoms with Crippen LogP contribution in [0.4, 0.5) is 0 Å². The van der Waals surface area contributed by atoms with Crippen LogP contribution in [0, 0.1) is 0 Å². The molecule has 8 nitrogen and oxygen atoms in total. The molecule has 5 rings (SSSR count). The van der Waals surface area contributed by atoms with Crippen molar-refractivity contribution in [1.29, 1.82) is 0 Å². The molecule has 0 radical (unpaired) electrons. The van der Waals surface area contributed by atoms with Crippen LogP contribution >= 0.6 is 0 Å². The van der Waals surface area contributed by atoms with Crippen molar-refractivity contribution in [2.24, 2.45) is 5.73 Å². The van der Waals surface area contributed by atoms with Crippen LogP contribution in [-0.2, 0) is 4.74 Å². The summed E-state index contributed by atoms with van der Waals surface area (Å²) in [6.07, 6.45) is 2.64. The molecule has 170 valence electrons. The molecule has 0 aliphatic heterocycles. The first-order valence-electron chi connectivity index (χ1n) is 11.2. The number of rotatable bonds is 6. The molecule has 1 fully saturated rings. The molecule has 2 heterocycles. The van der Waals surface area contributed by atoms with Crippen molar-refractivity contribution in [2.45, 2.75) is 31.3 Å². The predicted octanol–water partition coefficient (Wildman–Crippen LogP) is 3.04. The van der Waals surface area contributed by atoms with E-state index in [1.54, 1.807) is 7.11 Å². The number of fused-ring (bicyclic) bond motifs is 2. The maximum absolute atomic E-state index is 13.4. The number of ether oxygens (including phenoxy) is 1. The lowest BCUT2D eigenvalue weighted by Gasteiger charge is -2.29. The van der Waals surface area contributed by atoms with E-state index >= 15 is 0 Å². The van der Waals surface area contributed by atoms with Gasteiger partial charge in [0.1, 0.15) is 0 Å². The minimum atomic E-state index is -0.264. The molecule has 8 heteroatoms. The highest BCUT2D eigenvalue weighted by Gasteiger charge is 2.30. The number of H-pyrrole nitrogens is 2. The van der Waals surface area contributed by atoms with Crippen LogP contribution in [0.25, 0.3) is 33.3 Å². The van der Waals surface area contributed by atoms with E-state index in [4.69, 9.17) is 10.5 Å². The average Bonchev–Trinajstić information content (AvgIpc) is 3.44. The fourth-order valence-corrected chi connectivity index (χ4v) is 4.69. The first kappa shape index (κ1) is 21.4. The number of aromatic nitrogens is 3. The van der Waals surface area contributed by atoms with E-state index in [-0.39, 0.29) is 23.6 Å². The van der Waals surface area contributed by atoms with E-state index in [0.29, 0.717) is 41.1 Å². The molecule has 2 aromatic heterocycles. The van der Waals surface area contributed by atoms with Crippen LogP contribution in [0.2, 0.25) is 0 Å². The SMILES string of the molecule is COCCN(C(=O)c1ccc2[nH]c(-c3nc4ccccc4[nH]c3=O)cc2c1)C1CCC(N)C1. The first-order chi connectivity index (χ1) is 16.0. The van der Waals surface area contributed by atoms with Crippen LogP contribution in [-0.4, -0.2) is 58.1 Å². The van der Waals surface area contributed by atoms with Gasteiger partial charge in [-0.15, -0.1) is 0 Å². The standard InChI is InChI=1S/C25H27N5O3/c1-33-11-10-30(18-8-7-17(26)14-18)25(32)15-6-9-19-16(12-15)13-22(27-19)23-24(31)29-21-5-3-2-4-20(21)28-23/h2-6,9,12-13,17-18,27H,7-8,10-11,14,26H2,1H3,(H,29,31). The van der Waals surface area contributed by atoms with Gasteiger partial charge >= 0.3 is 0 Å². The number of hydrogen-bond acceptors (Lipinski definition) is 5. The molecule has 0 saturated heterocycles. The third-order valence-corrected chi connectivity index (χ3v) is 6.41. The summed E-state index contributed by atoms with van der Waals surface area (Å²) in [5.41, 5.74) is 9.61. The Kier molecular flexibility index (Phi) is 5.70. The Balaban J connectivity index is 1.48. The highest BCUT2D eigenvalue weighted by atomic mass is 16.5. The van der Waals surface area contributed by atoms with Gasteiger partial charge in [0, 0.05) is 42.2 Å². The smallest absolute Gasteiger partial charge is 0.276 e. The van der Waals surface area contributed by atoms with E-state index < -0.39 is 0 Å². The van der Waals surface area contributed by atoms with Gasteiger partial charge in [0.05, 0.1) is 23.3 Å². The van der Waals surface area contributed by atoms with Gasteiger partial charge < -0.3 is 25.3 Å². The Labute approximate surface area is 190 Å². The van der Waals surface area contributed by atoms with Crippen molar-refractivity contribution in [3.05, 3.63) is 64.4 Å². The molecule has 2 unspecified atom stereocenters. The third-order valence-electron chi connectivity index (χ3n) is 6.41. The van der Waals surface area contributed by atoms with E-state index in [0.717, 1.165) is 30.2 Å². The Morgan fingerprint density at radius 2 is 2.00 bits per heavy atom. The summed E-state index contributed by atoms with van der Waals surface area (Å²) in [5, 5.41) is 0.847. The molecule has 0 spiro atoms. The number of para-hydroxylation sites is 2. The molecule has 0 bridgehead atoms. The number of aromatic amines is 2. The molecule has 1 aliphatic rings. The number of amides is 1. The molecule has 1 aliphatic carbocycles. The molecule has 33 heavy (non-hydrogen) atoms. The molecule has 1 amide bonds. The van der Waals surface area contributed by atoms with Gasteiger partial charge in [0.15, 0.2) is 5.69 Å². The number of nitrogens with two attached hydrogens (primary N) is 1. The lowest BCUT2D eigenvalue weighted by molar-refractivity contribution is 0.0605. The Bertz CT molecular complexity index is 1380. The molecule has 2 aromatic carbocycles. The first-order valence-corrected chi connectivity index (χ1v) is 11.2. The summed E-state index contributed by atoms with van der Waals surface area (Å²) in [6, 6.07) is 15.1. The fraction of sp³-hybridized carbons (Fsp3) is 0.320. The fourth-order valence-electron chi connectivity index (χ4n) is 4.69. The second-order valence-corrected chi connectivity index (χ2v) is 8.64. The van der Waals surface area contributed by atoms with Crippen molar-refractivity contribution < 1.29 is 9.53 Å². The zero-order chi connectivity index (χ0) is 22.9. The van der Waals surface area contributed by atoms with Crippen LogP contribution in [0.5, 0.6) is 0 Å². The minimum absolute atomic E-state index is 0.0301. The van der Waals surface area contributed by atoms with E-state index in [2.05, 4.69) is 15.0 Å². The Morgan fingerprint density at radius 3 is 2.79 bits per heavy atom. The van der Waals surface area contributed by atoms with Gasteiger partial charge in [0.2, 0.25) is 0 Å². The number of nitrogens with one attached hydrogen (secondary N) is 2. The summed E-state index contributed by atoms with van der Waals surface area (Å²) in [4.78, 5) is 38.6. The number of nitrogens with zero attached hydrogens (tertiary/aromatic N) is 2. The summed E-state index contributed by atoms with van der Waals surface area (Å²) in [6.45, 7) is 1.00. The van der Waals surface area contributed by atoms with Crippen molar-refractivity contribution in [1.82, 2.24) is 19.9 Å². The van der Waals surface area contributed by atoms with Gasteiger partial charge in [-0.05, 0) is 55.7 Å². The molecular weight excluding hydrogens is 418 g/mol. The lowest BCUT2D eigenvalue weighted by atomic mass is 10.1. The van der Waals surface area contributed by atoms with E-state index in [1.807, 2.05) is 53.4 Å². The van der Waals surface area contributed by atoms with Crippen molar-refractivity contribution in [2.75, 3.05) is 20.3 Å². The average molecular weight is 446 g/mol. The van der Waals surface area contributed by atoms with Gasteiger partial charge in [-0.25, -0.2) is 4.98 Å². The van der Waals surface area contributed by atoms with Gasteiger partial charge in [0.25, 0.3) is 11.5 Å². The van der Waals surface area contributed by atoms with Crippen molar-refractivity contribution in [3.63, 3.8) is 0 Å². The van der Waals surface area contributed by atoms with Crippen molar-refractivity contribution in [3.8, 4) is 11.4 Å². The van der Waals surface area contributed by atoms with Gasteiger partial charge in [-0.1, -0.05) is 12.1 Å². The predicted molar refractivity (Wildman–Crippen MR) is 128 cm³/mol. The molecular formula is C25H27N5O3.